The molecule has 2 amide bonds. The molecule has 1 aliphatic rings. The van der Waals surface area contributed by atoms with Crippen LogP contribution in [0.2, 0.25) is 0 Å². The molecule has 0 atom stereocenters. The van der Waals surface area contributed by atoms with Crippen molar-refractivity contribution in [2.75, 3.05) is 45.1 Å². The van der Waals surface area contributed by atoms with Gasteiger partial charge in [0.1, 0.15) is 17.4 Å². The first-order valence-corrected chi connectivity index (χ1v) is 17.9. The maximum atomic E-state index is 13.3. The number of anilines is 1. The molecule has 0 spiro atoms. The van der Waals surface area contributed by atoms with Gasteiger partial charge in [0, 0.05) is 62.5 Å². The summed E-state index contributed by atoms with van der Waals surface area (Å²) in [7, 11) is 1.68. The molecule has 0 unspecified atom stereocenters. The number of aromatic hydroxyl groups is 1. The van der Waals surface area contributed by atoms with Crippen LogP contribution in [0.25, 0.3) is 21.3 Å². The van der Waals surface area contributed by atoms with E-state index in [4.69, 9.17) is 4.74 Å². The molecular weight excluding hydrogens is 685 g/mol. The second kappa shape index (κ2) is 16.6. The summed E-state index contributed by atoms with van der Waals surface area (Å²) in [6, 6.07) is 25.3. The molecule has 1 fully saturated rings. The fourth-order valence-electron chi connectivity index (χ4n) is 6.35. The number of likely N-dealkylation sites (N-methyl/N-ethyl adjacent to an activating group) is 1. The monoisotopic (exact) mass is 724 g/mol. The van der Waals surface area contributed by atoms with E-state index in [1.807, 2.05) is 54.6 Å². The number of fused-ring (bicyclic) bond motifs is 1. The third kappa shape index (κ3) is 8.83. The number of aromatic amines is 1. The number of amides is 2. The van der Waals surface area contributed by atoms with Gasteiger partial charge in [-0.1, -0.05) is 72.0 Å². The molecule has 0 radical (unpaired) electrons. The van der Waals surface area contributed by atoms with E-state index < -0.39 is 11.0 Å². The highest BCUT2D eigenvalue weighted by atomic mass is 32.1. The Kier molecular flexibility index (Phi) is 11.6. The lowest BCUT2D eigenvalue weighted by Gasteiger charge is -2.32. The molecule has 52 heavy (non-hydrogen) atoms. The average Bonchev–Trinajstić information content (AvgIpc) is 3.56. The van der Waals surface area contributed by atoms with E-state index in [1.165, 1.54) is 12.1 Å². The quantitative estimate of drug-likeness (QED) is 0.0648. The Morgan fingerprint density at radius 1 is 1.04 bits per heavy atom. The number of hydrogen-bond donors (Lipinski definition) is 4. The Bertz CT molecular complexity index is 2110. The van der Waals surface area contributed by atoms with Gasteiger partial charge < -0.3 is 29.9 Å². The number of hydrogen-bond acceptors (Lipinski definition) is 10. The van der Waals surface area contributed by atoms with Gasteiger partial charge in [-0.2, -0.15) is 0 Å². The maximum absolute atomic E-state index is 13.3. The van der Waals surface area contributed by atoms with E-state index in [0.29, 0.717) is 73.5 Å². The van der Waals surface area contributed by atoms with Crippen LogP contribution in [0, 0.1) is 10.1 Å². The molecule has 270 valence electrons. The molecule has 5 aromatic rings. The van der Waals surface area contributed by atoms with Crippen molar-refractivity contribution in [2.45, 2.75) is 31.9 Å². The van der Waals surface area contributed by atoms with Crippen LogP contribution in [0.4, 0.5) is 16.2 Å². The molecule has 0 saturated carbocycles. The first kappa shape index (κ1) is 36.2. The molecule has 4 aromatic carbocycles. The van der Waals surface area contributed by atoms with Gasteiger partial charge in [0.25, 0.3) is 11.6 Å². The Labute approximate surface area is 304 Å². The number of ether oxygens (including phenoxy) is 1. The molecular formula is C38H40N6O7S. The summed E-state index contributed by atoms with van der Waals surface area (Å²) in [5, 5.41) is 28.1. The number of nitrogens with one attached hydrogen (secondary N) is 3. The van der Waals surface area contributed by atoms with Gasteiger partial charge in [0.05, 0.1) is 15.3 Å². The Morgan fingerprint density at radius 2 is 1.77 bits per heavy atom. The number of phenols is 1. The fraction of sp³-hybridized carbons (Fsp3) is 0.289. The molecule has 14 heteroatoms. The number of nitro benzene ring substituents is 1. The number of benzene rings is 4. The molecule has 0 aliphatic carbocycles. The minimum atomic E-state index is -0.490. The maximum Gasteiger partial charge on any atom is 0.411 e. The van der Waals surface area contributed by atoms with Gasteiger partial charge in [-0.3, -0.25) is 25.0 Å². The summed E-state index contributed by atoms with van der Waals surface area (Å²) >= 11 is 1.03. The normalized spacial score (nSPS) is 13.6. The van der Waals surface area contributed by atoms with Crippen molar-refractivity contribution in [2.24, 2.45) is 0 Å². The number of piperidine rings is 1. The van der Waals surface area contributed by atoms with Crippen molar-refractivity contribution in [1.82, 2.24) is 20.1 Å². The summed E-state index contributed by atoms with van der Waals surface area (Å²) in [6.07, 6.45) is 1.17. The highest BCUT2D eigenvalue weighted by Gasteiger charge is 2.24. The zero-order valence-corrected chi connectivity index (χ0v) is 29.5. The zero-order chi connectivity index (χ0) is 36.6. The van der Waals surface area contributed by atoms with E-state index in [0.717, 1.165) is 28.0 Å². The van der Waals surface area contributed by atoms with Crippen molar-refractivity contribution in [3.05, 3.63) is 121 Å². The minimum absolute atomic E-state index is 0.0105. The van der Waals surface area contributed by atoms with Crippen molar-refractivity contribution in [3.8, 4) is 16.9 Å². The van der Waals surface area contributed by atoms with Crippen molar-refractivity contribution >= 4 is 44.9 Å². The smallest absolute Gasteiger partial charge is 0.411 e. The lowest BCUT2D eigenvalue weighted by molar-refractivity contribution is -0.385. The van der Waals surface area contributed by atoms with Crippen LogP contribution in [0.15, 0.2) is 89.7 Å². The minimum Gasteiger partial charge on any atom is -0.506 e. The number of phenolic OH excluding ortho intramolecular Hbond substituents is 1. The number of likely N-dealkylation sites (tertiary alicyclic amines) is 1. The van der Waals surface area contributed by atoms with Crippen LogP contribution in [-0.2, 0) is 17.7 Å². The van der Waals surface area contributed by atoms with Gasteiger partial charge in [-0.25, -0.2) is 4.79 Å². The van der Waals surface area contributed by atoms with Gasteiger partial charge in [-0.05, 0) is 55.1 Å². The molecule has 1 aromatic heterocycles. The van der Waals surface area contributed by atoms with Gasteiger partial charge in [0.15, 0.2) is 0 Å². The number of H-pyrrole nitrogens is 1. The van der Waals surface area contributed by atoms with Crippen LogP contribution < -0.4 is 15.5 Å². The Morgan fingerprint density at radius 3 is 2.54 bits per heavy atom. The van der Waals surface area contributed by atoms with Crippen molar-refractivity contribution < 1.29 is 24.4 Å². The number of carbonyl (C=O) groups excluding carboxylic acids is 2. The van der Waals surface area contributed by atoms with Crippen LogP contribution >= 0.6 is 11.3 Å². The van der Waals surface area contributed by atoms with Crippen molar-refractivity contribution in [3.63, 3.8) is 0 Å². The molecule has 4 N–H and O–H groups in total. The first-order valence-electron chi connectivity index (χ1n) is 17.1. The van der Waals surface area contributed by atoms with Gasteiger partial charge >= 0.3 is 11.0 Å². The number of para-hydroxylation sites is 1. The fourth-order valence-corrected chi connectivity index (χ4v) is 7.25. The standard InChI is InChI=1S/C38H40N6O7S/c1-42(21-22-43-19-16-29(17-20-43)51-37(47)40-31-10-6-5-9-30(31)25-7-3-2-4-8-25)36(46)27-11-12-28(32(23-27)44(49)50)24-39-18-15-26-13-14-33(45)34-35(26)52-38(48)41-34/h2-14,23,29,39,45H,15-22,24H2,1H3,(H,40,47)(H,41,48). The summed E-state index contributed by atoms with van der Waals surface area (Å²) in [5.41, 5.74) is 4.42. The lowest BCUT2D eigenvalue weighted by Crippen LogP contribution is -2.42. The SMILES string of the molecule is CN(CCN1CCC(OC(=O)Nc2ccccc2-c2ccccc2)CC1)C(=O)c1ccc(CNCCc2ccc(O)c3[nH]c(=O)sc23)c([N+](=O)[O-])c1. The number of aromatic nitrogens is 1. The first-order chi connectivity index (χ1) is 25.2. The highest BCUT2D eigenvalue weighted by molar-refractivity contribution is 7.16. The second-order valence-electron chi connectivity index (χ2n) is 12.7. The summed E-state index contributed by atoms with van der Waals surface area (Å²) in [6.45, 7) is 3.15. The summed E-state index contributed by atoms with van der Waals surface area (Å²) < 4.78 is 6.43. The van der Waals surface area contributed by atoms with E-state index in [9.17, 15) is 29.6 Å². The van der Waals surface area contributed by atoms with Gasteiger partial charge in [-0.15, -0.1) is 0 Å². The highest BCUT2D eigenvalue weighted by Crippen LogP contribution is 2.29. The van der Waals surface area contributed by atoms with Crippen LogP contribution in [-0.4, -0.2) is 82.7 Å². The molecule has 0 bridgehead atoms. The third-order valence-electron chi connectivity index (χ3n) is 9.21. The molecule has 6 rings (SSSR count). The van der Waals surface area contributed by atoms with E-state index in [1.54, 1.807) is 30.1 Å². The largest absolute Gasteiger partial charge is 0.506 e. The molecule has 1 saturated heterocycles. The Balaban J connectivity index is 0.947. The van der Waals surface area contributed by atoms with Gasteiger partial charge in [0.2, 0.25) is 0 Å². The molecule has 2 heterocycles. The number of thiazole rings is 1. The third-order valence-corrected chi connectivity index (χ3v) is 10.2. The second-order valence-corrected chi connectivity index (χ2v) is 13.7. The number of rotatable bonds is 13. The van der Waals surface area contributed by atoms with Crippen LogP contribution in [0.3, 0.4) is 0 Å². The van der Waals surface area contributed by atoms with Crippen LogP contribution in [0.5, 0.6) is 5.75 Å². The zero-order valence-electron chi connectivity index (χ0n) is 28.7. The average molecular weight is 725 g/mol. The van der Waals surface area contributed by atoms with E-state index in [2.05, 4.69) is 20.5 Å². The predicted molar refractivity (Wildman–Crippen MR) is 201 cm³/mol. The predicted octanol–water partition coefficient (Wildman–Crippen LogP) is 5.99. The number of nitro groups is 1. The lowest BCUT2D eigenvalue weighted by atomic mass is 10.0. The van der Waals surface area contributed by atoms with Crippen molar-refractivity contribution in [1.29, 1.82) is 0 Å². The number of carbonyl (C=O) groups is 2. The summed E-state index contributed by atoms with van der Waals surface area (Å²) in [5.74, 6) is -0.300. The number of nitrogens with zero attached hydrogens (tertiary/aromatic N) is 3. The molecule has 13 nitrogen and oxygen atoms in total. The summed E-state index contributed by atoms with van der Waals surface area (Å²) in [4.78, 5) is 55.4. The van der Waals surface area contributed by atoms with Crippen LogP contribution in [0.1, 0.15) is 34.3 Å². The van der Waals surface area contributed by atoms with E-state index >= 15 is 0 Å². The molecule has 1 aliphatic heterocycles. The topological polar surface area (TPSA) is 170 Å². The van der Waals surface area contributed by atoms with E-state index in [-0.39, 0.29) is 40.4 Å². The Hall–Kier alpha value is -5.57.